The SMILES string of the molecule is COC(=S)c1cccnc1-c1c(Cl)cc(Cl)cc1/C=N\S(=O)C(C)(C)C. The third-order valence-corrected chi connectivity index (χ3v) is 5.59. The van der Waals surface area contributed by atoms with E-state index in [0.717, 1.165) is 0 Å². The summed E-state index contributed by atoms with van der Waals surface area (Å²) >= 11 is 17.9. The zero-order valence-electron chi connectivity index (χ0n) is 14.7. The number of rotatable bonds is 4. The summed E-state index contributed by atoms with van der Waals surface area (Å²) in [5.41, 5.74) is 2.37. The lowest BCUT2D eigenvalue weighted by Crippen LogP contribution is -2.19. The van der Waals surface area contributed by atoms with Gasteiger partial charge < -0.3 is 4.74 Å². The number of hydrogen-bond donors (Lipinski definition) is 0. The van der Waals surface area contributed by atoms with Gasteiger partial charge in [-0.25, -0.2) is 4.21 Å². The summed E-state index contributed by atoms with van der Waals surface area (Å²) in [5, 5.41) is 1.12. The molecule has 1 heterocycles. The van der Waals surface area contributed by atoms with E-state index < -0.39 is 15.7 Å². The molecule has 0 aliphatic carbocycles. The van der Waals surface area contributed by atoms with Crippen molar-refractivity contribution in [1.82, 2.24) is 4.98 Å². The van der Waals surface area contributed by atoms with Crippen LogP contribution in [0.15, 0.2) is 34.9 Å². The first-order valence-electron chi connectivity index (χ1n) is 7.64. The predicted octanol–water partition coefficient (Wildman–Crippen LogP) is 5.26. The number of halogens is 2. The summed E-state index contributed by atoms with van der Waals surface area (Å²) in [5.74, 6) is 0. The largest absolute Gasteiger partial charge is 0.486 e. The Kier molecular flexibility index (Phi) is 6.91. The van der Waals surface area contributed by atoms with Gasteiger partial charge in [-0.2, -0.15) is 4.40 Å². The summed E-state index contributed by atoms with van der Waals surface area (Å²) in [7, 11) is 0.0784. The molecule has 1 unspecified atom stereocenters. The van der Waals surface area contributed by atoms with Gasteiger partial charge in [0.05, 0.1) is 28.1 Å². The van der Waals surface area contributed by atoms with E-state index in [1.54, 1.807) is 30.5 Å². The Labute approximate surface area is 171 Å². The average molecular weight is 429 g/mol. The maximum atomic E-state index is 12.3. The summed E-state index contributed by atoms with van der Waals surface area (Å²) in [6.07, 6.45) is 3.14. The zero-order valence-corrected chi connectivity index (χ0v) is 17.9. The minimum Gasteiger partial charge on any atom is -0.486 e. The predicted molar refractivity (Wildman–Crippen MR) is 114 cm³/mol. The summed E-state index contributed by atoms with van der Waals surface area (Å²) in [6, 6.07) is 6.87. The van der Waals surface area contributed by atoms with E-state index in [2.05, 4.69) is 9.38 Å². The molecule has 0 amide bonds. The van der Waals surface area contributed by atoms with Crippen molar-refractivity contribution in [3.05, 3.63) is 51.6 Å². The lowest BCUT2D eigenvalue weighted by molar-refractivity contribution is 0.416. The minimum atomic E-state index is -1.42. The Morgan fingerprint density at radius 1 is 1.35 bits per heavy atom. The highest BCUT2D eigenvalue weighted by molar-refractivity contribution is 7.85. The molecule has 0 bridgehead atoms. The molecule has 8 heteroatoms. The van der Waals surface area contributed by atoms with Gasteiger partial charge in [0, 0.05) is 28.6 Å². The van der Waals surface area contributed by atoms with Crippen molar-refractivity contribution in [2.24, 2.45) is 4.40 Å². The second-order valence-corrected chi connectivity index (χ2v) is 9.49. The fourth-order valence-electron chi connectivity index (χ4n) is 2.09. The maximum Gasteiger partial charge on any atom is 0.193 e. The molecule has 0 radical (unpaired) electrons. The van der Waals surface area contributed by atoms with Crippen molar-refractivity contribution in [3.63, 3.8) is 0 Å². The number of nitrogens with zero attached hydrogens (tertiary/aromatic N) is 2. The fourth-order valence-corrected chi connectivity index (χ4v) is 3.38. The van der Waals surface area contributed by atoms with Gasteiger partial charge in [-0.05, 0) is 57.3 Å². The Balaban J connectivity index is 2.66. The summed E-state index contributed by atoms with van der Waals surface area (Å²) in [6.45, 7) is 5.54. The molecule has 0 aliphatic heterocycles. The van der Waals surface area contributed by atoms with E-state index in [1.807, 2.05) is 20.8 Å². The van der Waals surface area contributed by atoms with Crippen LogP contribution in [0.4, 0.5) is 0 Å². The molecule has 0 saturated heterocycles. The topological polar surface area (TPSA) is 51.6 Å². The van der Waals surface area contributed by atoms with E-state index in [1.165, 1.54) is 13.3 Å². The number of ether oxygens (including phenoxy) is 1. The second-order valence-electron chi connectivity index (χ2n) is 6.34. The summed E-state index contributed by atoms with van der Waals surface area (Å²) in [4.78, 5) is 4.41. The van der Waals surface area contributed by atoms with Crippen molar-refractivity contribution in [1.29, 1.82) is 0 Å². The molecule has 0 fully saturated rings. The first-order valence-corrected chi connectivity index (χ1v) is 9.91. The smallest absolute Gasteiger partial charge is 0.193 e. The highest BCUT2D eigenvalue weighted by atomic mass is 35.5. The highest BCUT2D eigenvalue weighted by Crippen LogP contribution is 2.34. The molecule has 1 atom stereocenters. The number of methoxy groups -OCH3 is 1. The quantitative estimate of drug-likeness (QED) is 0.492. The number of thiocarbonyl (C=S) groups is 1. The fraction of sp³-hybridized carbons (Fsp3) is 0.278. The number of hydrogen-bond acceptors (Lipinski definition) is 4. The Hall–Kier alpha value is -1.34. The van der Waals surface area contributed by atoms with Gasteiger partial charge in [0.25, 0.3) is 0 Å². The molecule has 2 aromatic rings. The third kappa shape index (κ3) is 4.88. The van der Waals surface area contributed by atoms with E-state index >= 15 is 0 Å². The Bertz CT molecular complexity index is 893. The van der Waals surface area contributed by atoms with Crippen molar-refractivity contribution >= 4 is 57.7 Å². The van der Waals surface area contributed by atoms with Gasteiger partial charge in [0.15, 0.2) is 5.05 Å². The monoisotopic (exact) mass is 428 g/mol. The van der Waals surface area contributed by atoms with Crippen LogP contribution < -0.4 is 0 Å². The normalized spacial score (nSPS) is 13.0. The number of benzene rings is 1. The van der Waals surface area contributed by atoms with Crippen LogP contribution in [-0.2, 0) is 15.7 Å². The Morgan fingerprint density at radius 3 is 2.65 bits per heavy atom. The van der Waals surface area contributed by atoms with Crippen LogP contribution >= 0.6 is 35.4 Å². The van der Waals surface area contributed by atoms with Gasteiger partial charge in [-0.15, -0.1) is 0 Å². The van der Waals surface area contributed by atoms with Crippen LogP contribution in [-0.4, -0.2) is 32.3 Å². The molecular weight excluding hydrogens is 411 g/mol. The van der Waals surface area contributed by atoms with Crippen LogP contribution in [0.3, 0.4) is 0 Å². The molecule has 0 aliphatic rings. The molecular formula is C18H18Cl2N2O2S2. The van der Waals surface area contributed by atoms with Gasteiger partial charge >= 0.3 is 0 Å². The van der Waals surface area contributed by atoms with Crippen LogP contribution in [0, 0.1) is 0 Å². The lowest BCUT2D eigenvalue weighted by Gasteiger charge is -2.15. The van der Waals surface area contributed by atoms with Gasteiger partial charge in [0.2, 0.25) is 0 Å². The van der Waals surface area contributed by atoms with E-state index in [9.17, 15) is 4.21 Å². The highest BCUT2D eigenvalue weighted by Gasteiger charge is 2.20. The van der Waals surface area contributed by atoms with E-state index in [-0.39, 0.29) is 0 Å². The molecule has 0 saturated carbocycles. The summed E-state index contributed by atoms with van der Waals surface area (Å²) < 4.78 is 21.1. The van der Waals surface area contributed by atoms with Gasteiger partial charge in [-0.3, -0.25) is 4.98 Å². The van der Waals surface area contributed by atoms with E-state index in [0.29, 0.717) is 37.5 Å². The molecule has 26 heavy (non-hydrogen) atoms. The number of pyridine rings is 1. The van der Waals surface area contributed by atoms with Gasteiger partial charge in [0.1, 0.15) is 11.0 Å². The second kappa shape index (κ2) is 8.57. The van der Waals surface area contributed by atoms with Crippen LogP contribution in [0.1, 0.15) is 31.9 Å². The molecule has 1 aromatic carbocycles. The van der Waals surface area contributed by atoms with Crippen molar-refractivity contribution in [3.8, 4) is 11.3 Å². The molecule has 4 nitrogen and oxygen atoms in total. The van der Waals surface area contributed by atoms with Gasteiger partial charge in [-0.1, -0.05) is 23.2 Å². The standard InChI is InChI=1S/C18H18Cl2N2O2S2/c1-18(2,3)26(23)22-10-11-8-12(19)9-14(20)15(11)16-13(17(25)24-4)6-5-7-21-16/h5-10H,1-4H3/b22-10-. The average Bonchev–Trinajstić information content (AvgIpc) is 2.57. The third-order valence-electron chi connectivity index (χ3n) is 3.35. The van der Waals surface area contributed by atoms with Crippen molar-refractivity contribution in [2.45, 2.75) is 25.5 Å². The van der Waals surface area contributed by atoms with Crippen LogP contribution in [0.25, 0.3) is 11.3 Å². The molecule has 0 spiro atoms. The zero-order chi connectivity index (χ0) is 19.5. The maximum absolute atomic E-state index is 12.3. The molecule has 2 rings (SSSR count). The lowest BCUT2D eigenvalue weighted by atomic mass is 10.0. The van der Waals surface area contributed by atoms with Crippen molar-refractivity contribution in [2.75, 3.05) is 7.11 Å². The molecule has 1 aromatic heterocycles. The van der Waals surface area contributed by atoms with E-state index in [4.69, 9.17) is 40.2 Å². The van der Waals surface area contributed by atoms with Crippen molar-refractivity contribution < 1.29 is 8.95 Å². The minimum absolute atomic E-state index is 0.292. The number of aromatic nitrogens is 1. The molecule has 0 N–H and O–H groups in total. The first-order chi connectivity index (χ1) is 12.1. The first kappa shape index (κ1) is 21.0. The Morgan fingerprint density at radius 2 is 2.04 bits per heavy atom. The van der Waals surface area contributed by atoms with Crippen LogP contribution in [0.5, 0.6) is 0 Å². The molecule has 138 valence electrons. The van der Waals surface area contributed by atoms with Crippen LogP contribution in [0.2, 0.25) is 10.0 Å².